The van der Waals surface area contributed by atoms with Crippen LogP contribution in [0.2, 0.25) is 10.0 Å². The number of amides is 1. The number of fused-ring (bicyclic) bond motifs is 1. The van der Waals surface area contributed by atoms with Crippen molar-refractivity contribution >= 4 is 51.5 Å². The van der Waals surface area contributed by atoms with Crippen molar-refractivity contribution in [1.29, 1.82) is 0 Å². The van der Waals surface area contributed by atoms with Crippen LogP contribution in [0.1, 0.15) is 30.4 Å². The number of hydrogen-bond acceptors (Lipinski definition) is 6. The van der Waals surface area contributed by atoms with Crippen LogP contribution in [0.3, 0.4) is 0 Å². The summed E-state index contributed by atoms with van der Waals surface area (Å²) in [6.45, 7) is 2.26. The monoisotopic (exact) mass is 534 g/mol. The molecular weight excluding hydrogens is 506 g/mol. The SMILES string of the molecule is CN(C)CCCC(=O)N1CC=C(c2coc3c(OCCc4c(Cl)ccc(F)c4Cl)c(N)ncc23)CC1. The van der Waals surface area contributed by atoms with Gasteiger partial charge in [0.1, 0.15) is 5.82 Å². The van der Waals surface area contributed by atoms with Gasteiger partial charge in [-0.05, 0) is 56.8 Å². The predicted octanol–water partition coefficient (Wildman–Crippen LogP) is 5.43. The minimum atomic E-state index is -0.537. The van der Waals surface area contributed by atoms with Gasteiger partial charge in [0.25, 0.3) is 0 Å². The summed E-state index contributed by atoms with van der Waals surface area (Å²) in [5.41, 5.74) is 9.01. The highest BCUT2D eigenvalue weighted by Crippen LogP contribution is 2.38. The molecule has 0 fully saturated rings. The van der Waals surface area contributed by atoms with Gasteiger partial charge >= 0.3 is 0 Å². The molecule has 3 aromatic rings. The normalized spacial score (nSPS) is 13.9. The lowest BCUT2D eigenvalue weighted by Gasteiger charge is -2.26. The van der Waals surface area contributed by atoms with E-state index in [-0.39, 0.29) is 29.8 Å². The molecule has 7 nitrogen and oxygen atoms in total. The molecule has 192 valence electrons. The molecule has 1 amide bonds. The molecule has 0 saturated carbocycles. The van der Waals surface area contributed by atoms with Crippen molar-refractivity contribution < 1.29 is 18.3 Å². The maximum atomic E-state index is 13.8. The van der Waals surface area contributed by atoms with Gasteiger partial charge in [0, 0.05) is 42.7 Å². The van der Waals surface area contributed by atoms with Crippen molar-refractivity contribution in [2.45, 2.75) is 25.7 Å². The quantitative estimate of drug-likeness (QED) is 0.368. The van der Waals surface area contributed by atoms with Crippen LogP contribution in [0.25, 0.3) is 16.5 Å². The third-order valence-electron chi connectivity index (χ3n) is 6.24. The lowest BCUT2D eigenvalue weighted by Crippen LogP contribution is -2.34. The summed E-state index contributed by atoms with van der Waals surface area (Å²) in [6, 6.07) is 2.69. The first-order chi connectivity index (χ1) is 17.3. The van der Waals surface area contributed by atoms with Crippen LogP contribution in [0.15, 0.2) is 35.1 Å². The van der Waals surface area contributed by atoms with E-state index >= 15 is 0 Å². The molecule has 0 bridgehead atoms. The van der Waals surface area contributed by atoms with Crippen LogP contribution >= 0.6 is 23.2 Å². The number of nitrogens with zero attached hydrogens (tertiary/aromatic N) is 3. The number of hydrogen-bond donors (Lipinski definition) is 1. The van der Waals surface area contributed by atoms with E-state index in [9.17, 15) is 9.18 Å². The molecule has 1 aliphatic rings. The van der Waals surface area contributed by atoms with Gasteiger partial charge in [0.2, 0.25) is 11.7 Å². The molecule has 1 aromatic carbocycles. The molecular formula is C26H29Cl2FN4O3. The summed E-state index contributed by atoms with van der Waals surface area (Å²) >= 11 is 12.2. The third kappa shape index (κ3) is 5.77. The molecule has 0 spiro atoms. The molecule has 2 aromatic heterocycles. The largest absolute Gasteiger partial charge is 0.486 e. The van der Waals surface area contributed by atoms with E-state index in [1.165, 1.54) is 12.1 Å². The zero-order chi connectivity index (χ0) is 25.8. The first-order valence-electron chi connectivity index (χ1n) is 11.8. The number of anilines is 1. The highest BCUT2D eigenvalue weighted by Gasteiger charge is 2.22. The summed E-state index contributed by atoms with van der Waals surface area (Å²) in [4.78, 5) is 20.8. The Bertz CT molecular complexity index is 1290. The van der Waals surface area contributed by atoms with Crippen molar-refractivity contribution in [2.75, 3.05) is 46.1 Å². The van der Waals surface area contributed by atoms with E-state index < -0.39 is 5.82 Å². The van der Waals surface area contributed by atoms with Crippen LogP contribution in [0.4, 0.5) is 10.2 Å². The Labute approximate surface area is 219 Å². The number of pyridine rings is 1. The van der Waals surface area contributed by atoms with Gasteiger partial charge in [0.05, 0.1) is 23.3 Å². The molecule has 3 heterocycles. The Morgan fingerprint density at radius 2 is 2.14 bits per heavy atom. The molecule has 0 saturated heterocycles. The highest BCUT2D eigenvalue weighted by atomic mass is 35.5. The fraction of sp³-hybridized carbons (Fsp3) is 0.385. The van der Waals surface area contributed by atoms with E-state index in [1.54, 1.807) is 12.5 Å². The number of furan rings is 1. The van der Waals surface area contributed by atoms with Crippen LogP contribution in [-0.4, -0.2) is 61.0 Å². The van der Waals surface area contributed by atoms with Crippen molar-refractivity contribution in [1.82, 2.24) is 14.8 Å². The van der Waals surface area contributed by atoms with E-state index in [1.807, 2.05) is 19.0 Å². The standard InChI is InChI=1S/C26H29Cl2FN4O3/c1-32(2)10-3-4-22(34)33-11-7-16(8-12-33)19-15-36-24-18(19)14-31-26(30)25(24)35-13-9-17-20(27)5-6-21(29)23(17)28/h5-7,14-15H,3-4,8-13H2,1-2H3,(H2,30,31). The van der Waals surface area contributed by atoms with Gasteiger partial charge in [-0.2, -0.15) is 0 Å². The summed E-state index contributed by atoms with van der Waals surface area (Å²) in [5.74, 6) is 0.140. The topological polar surface area (TPSA) is 84.8 Å². The number of benzene rings is 1. The fourth-order valence-electron chi connectivity index (χ4n) is 4.27. The van der Waals surface area contributed by atoms with E-state index in [4.69, 9.17) is 38.1 Å². The van der Waals surface area contributed by atoms with Crippen molar-refractivity contribution in [3.63, 3.8) is 0 Å². The Hall–Kier alpha value is -2.81. The van der Waals surface area contributed by atoms with E-state index in [2.05, 4.69) is 16.0 Å². The van der Waals surface area contributed by atoms with Gasteiger partial charge in [-0.3, -0.25) is 4.79 Å². The molecule has 0 unspecified atom stereocenters. The number of carbonyl (C=O) groups excluding carboxylic acids is 1. The summed E-state index contributed by atoms with van der Waals surface area (Å²) in [7, 11) is 4.01. The maximum absolute atomic E-state index is 13.8. The number of carbonyl (C=O) groups is 1. The molecule has 4 rings (SSSR count). The minimum Gasteiger partial charge on any atom is -0.486 e. The summed E-state index contributed by atoms with van der Waals surface area (Å²) < 4.78 is 25.6. The van der Waals surface area contributed by atoms with Gasteiger partial charge in [-0.25, -0.2) is 9.37 Å². The Balaban J connectivity index is 1.46. The molecule has 0 radical (unpaired) electrons. The second-order valence-corrected chi connectivity index (χ2v) is 9.80. The summed E-state index contributed by atoms with van der Waals surface area (Å²) in [5, 5.41) is 1.12. The summed E-state index contributed by atoms with van der Waals surface area (Å²) in [6.07, 6.45) is 7.77. The first-order valence-corrected chi connectivity index (χ1v) is 12.5. The van der Waals surface area contributed by atoms with Gasteiger partial charge in [-0.1, -0.05) is 29.3 Å². The number of halogens is 3. The first kappa shape index (κ1) is 26.3. The Morgan fingerprint density at radius 3 is 2.86 bits per heavy atom. The molecule has 10 heteroatoms. The van der Waals surface area contributed by atoms with Crippen molar-refractivity contribution in [3.05, 3.63) is 57.7 Å². The smallest absolute Gasteiger partial charge is 0.222 e. The second kappa shape index (κ2) is 11.5. The van der Waals surface area contributed by atoms with Gasteiger partial charge in [0.15, 0.2) is 11.4 Å². The maximum Gasteiger partial charge on any atom is 0.222 e. The van der Waals surface area contributed by atoms with Crippen LogP contribution in [-0.2, 0) is 11.2 Å². The lowest BCUT2D eigenvalue weighted by atomic mass is 9.99. The second-order valence-electron chi connectivity index (χ2n) is 9.01. The van der Waals surface area contributed by atoms with Gasteiger partial charge in [-0.15, -0.1) is 0 Å². The molecule has 1 aliphatic heterocycles. The van der Waals surface area contributed by atoms with Crippen molar-refractivity contribution in [3.8, 4) is 5.75 Å². The molecule has 0 aliphatic carbocycles. The molecule has 2 N–H and O–H groups in total. The van der Waals surface area contributed by atoms with E-state index in [0.717, 1.165) is 29.5 Å². The average molecular weight is 535 g/mol. The number of ether oxygens (including phenoxy) is 1. The van der Waals surface area contributed by atoms with Crippen LogP contribution < -0.4 is 10.5 Å². The highest BCUT2D eigenvalue weighted by molar-refractivity contribution is 6.36. The Morgan fingerprint density at radius 1 is 1.33 bits per heavy atom. The third-order valence-corrected chi connectivity index (χ3v) is 7.00. The van der Waals surface area contributed by atoms with Gasteiger partial charge < -0.3 is 24.7 Å². The number of rotatable bonds is 9. The zero-order valence-corrected chi connectivity index (χ0v) is 21.8. The number of nitrogen functional groups attached to an aromatic ring is 1. The zero-order valence-electron chi connectivity index (χ0n) is 20.3. The van der Waals surface area contributed by atoms with Crippen molar-refractivity contribution in [2.24, 2.45) is 0 Å². The van der Waals surface area contributed by atoms with E-state index in [0.29, 0.717) is 47.8 Å². The van der Waals surface area contributed by atoms with Crippen LogP contribution in [0, 0.1) is 5.82 Å². The molecule has 0 atom stereocenters. The van der Waals surface area contributed by atoms with Crippen LogP contribution in [0.5, 0.6) is 5.75 Å². The molecule has 36 heavy (non-hydrogen) atoms. The fourth-order valence-corrected chi connectivity index (χ4v) is 4.83. The lowest BCUT2D eigenvalue weighted by molar-refractivity contribution is -0.130. The average Bonchev–Trinajstić information content (AvgIpc) is 3.29. The predicted molar refractivity (Wildman–Crippen MR) is 141 cm³/mol. The minimum absolute atomic E-state index is 0.0230. The number of aromatic nitrogens is 1. The Kier molecular flexibility index (Phi) is 8.39. The number of nitrogens with two attached hydrogens (primary N) is 1.